The monoisotopic (exact) mass is 312 g/mol. The van der Waals surface area contributed by atoms with Gasteiger partial charge in [-0.2, -0.15) is 0 Å². The van der Waals surface area contributed by atoms with E-state index < -0.39 is 0 Å². The molecule has 0 aliphatic carbocycles. The second kappa shape index (κ2) is 7.51. The molecule has 0 aromatic heterocycles. The number of hydrogen-bond donors (Lipinski definition) is 1. The summed E-state index contributed by atoms with van der Waals surface area (Å²) >= 11 is 0. The van der Waals surface area contributed by atoms with Crippen LogP contribution >= 0.6 is 0 Å². The van der Waals surface area contributed by atoms with Crippen LogP contribution in [-0.4, -0.2) is 18.3 Å². The predicted molar refractivity (Wildman–Crippen MR) is 91.4 cm³/mol. The van der Waals surface area contributed by atoms with Crippen molar-refractivity contribution in [1.82, 2.24) is 0 Å². The lowest BCUT2D eigenvalue weighted by molar-refractivity contribution is 0.151. The summed E-state index contributed by atoms with van der Waals surface area (Å²) in [6, 6.07) is 14.2. The number of rotatable bonds is 1. The van der Waals surface area contributed by atoms with Gasteiger partial charge in [0.2, 0.25) is 0 Å². The zero-order valence-electron chi connectivity index (χ0n) is 13.6. The predicted octanol–water partition coefficient (Wildman–Crippen LogP) is 4.51. The molecule has 2 aromatic rings. The van der Waals surface area contributed by atoms with Gasteiger partial charge < -0.3 is 14.6 Å². The van der Waals surface area contributed by atoms with Crippen molar-refractivity contribution < 1.29 is 14.6 Å². The molecule has 3 heterocycles. The second-order valence-corrected chi connectivity index (χ2v) is 6.17. The third-order valence-electron chi connectivity index (χ3n) is 4.40. The standard InChI is InChI=1S/C20H24O3/c1-22-20-14-16-4-2-3-5-17(21)10-6-15-7-11-18(12-8-15)23-19(20)13-9-16/h7-9,11-14,17,21H,2-6,10H2,1H3/t17-/m0/s1. The molecule has 3 aliphatic rings. The van der Waals surface area contributed by atoms with E-state index in [4.69, 9.17) is 9.47 Å². The Hall–Kier alpha value is -2.00. The van der Waals surface area contributed by atoms with E-state index in [9.17, 15) is 5.11 Å². The lowest BCUT2D eigenvalue weighted by Gasteiger charge is -2.14. The van der Waals surface area contributed by atoms with E-state index in [1.165, 1.54) is 11.1 Å². The Morgan fingerprint density at radius 1 is 0.957 bits per heavy atom. The summed E-state index contributed by atoms with van der Waals surface area (Å²) in [7, 11) is 1.67. The van der Waals surface area contributed by atoms with E-state index in [1.807, 2.05) is 24.3 Å². The van der Waals surface area contributed by atoms with Crippen molar-refractivity contribution in [2.45, 2.75) is 44.6 Å². The minimum absolute atomic E-state index is 0.212. The fourth-order valence-electron chi connectivity index (χ4n) is 2.99. The van der Waals surface area contributed by atoms with Crippen molar-refractivity contribution in [2.24, 2.45) is 0 Å². The van der Waals surface area contributed by atoms with Crippen LogP contribution in [0.15, 0.2) is 42.5 Å². The van der Waals surface area contributed by atoms with Crippen LogP contribution in [-0.2, 0) is 12.8 Å². The van der Waals surface area contributed by atoms with Gasteiger partial charge in [0.05, 0.1) is 13.2 Å². The summed E-state index contributed by atoms with van der Waals surface area (Å²) in [5.41, 5.74) is 2.47. The highest BCUT2D eigenvalue weighted by molar-refractivity contribution is 5.45. The lowest BCUT2D eigenvalue weighted by atomic mass is 10.0. The smallest absolute Gasteiger partial charge is 0.169 e. The molecule has 0 saturated heterocycles. The summed E-state index contributed by atoms with van der Waals surface area (Å²) in [4.78, 5) is 0. The molecule has 0 fully saturated rings. The van der Waals surface area contributed by atoms with Crippen LogP contribution in [0.2, 0.25) is 0 Å². The van der Waals surface area contributed by atoms with Gasteiger partial charge >= 0.3 is 0 Å². The van der Waals surface area contributed by atoms with Gasteiger partial charge in [-0.3, -0.25) is 0 Å². The number of aliphatic hydroxyl groups is 1. The molecule has 3 heteroatoms. The molecule has 5 rings (SSSR count). The van der Waals surface area contributed by atoms with Gasteiger partial charge in [-0.05, 0) is 67.5 Å². The minimum Gasteiger partial charge on any atom is -0.493 e. The molecule has 3 nitrogen and oxygen atoms in total. The van der Waals surface area contributed by atoms with E-state index in [2.05, 4.69) is 18.2 Å². The zero-order chi connectivity index (χ0) is 16.1. The summed E-state index contributed by atoms with van der Waals surface area (Å²) in [6.45, 7) is 0. The summed E-state index contributed by atoms with van der Waals surface area (Å²) in [5, 5.41) is 10.1. The molecule has 1 N–H and O–H groups in total. The molecule has 0 unspecified atom stereocenters. The first kappa shape index (κ1) is 15.9. The van der Waals surface area contributed by atoms with Crippen molar-refractivity contribution in [1.29, 1.82) is 0 Å². The van der Waals surface area contributed by atoms with E-state index in [1.54, 1.807) is 7.11 Å². The van der Waals surface area contributed by atoms with Gasteiger partial charge in [-0.1, -0.05) is 24.6 Å². The highest BCUT2D eigenvalue weighted by atomic mass is 16.5. The fraction of sp³-hybridized carbons (Fsp3) is 0.400. The van der Waals surface area contributed by atoms with Gasteiger partial charge in [0.1, 0.15) is 5.75 Å². The van der Waals surface area contributed by atoms with Crippen LogP contribution in [0.25, 0.3) is 0 Å². The first-order valence-electron chi connectivity index (χ1n) is 8.36. The minimum atomic E-state index is -0.212. The number of ether oxygens (including phenoxy) is 2. The number of aliphatic hydroxyl groups excluding tert-OH is 1. The molecule has 0 amide bonds. The third kappa shape index (κ3) is 4.26. The number of benzene rings is 2. The third-order valence-corrected chi connectivity index (χ3v) is 4.40. The van der Waals surface area contributed by atoms with Crippen molar-refractivity contribution in [3.63, 3.8) is 0 Å². The zero-order valence-corrected chi connectivity index (χ0v) is 13.6. The van der Waals surface area contributed by atoms with E-state index >= 15 is 0 Å². The molecule has 2 aromatic carbocycles. The van der Waals surface area contributed by atoms with Crippen LogP contribution in [0.4, 0.5) is 0 Å². The summed E-state index contributed by atoms with van der Waals surface area (Å²) in [5.74, 6) is 2.30. The molecule has 0 radical (unpaired) electrons. The Morgan fingerprint density at radius 2 is 1.74 bits per heavy atom. The molecule has 4 bridgehead atoms. The topological polar surface area (TPSA) is 38.7 Å². The van der Waals surface area contributed by atoms with Gasteiger partial charge in [0.25, 0.3) is 0 Å². The van der Waals surface area contributed by atoms with Gasteiger partial charge in [-0.25, -0.2) is 0 Å². The van der Waals surface area contributed by atoms with Crippen LogP contribution < -0.4 is 9.47 Å². The van der Waals surface area contributed by atoms with Crippen molar-refractivity contribution >= 4 is 0 Å². The van der Waals surface area contributed by atoms with E-state index in [-0.39, 0.29) is 6.10 Å². The molecule has 122 valence electrons. The van der Waals surface area contributed by atoms with Crippen molar-refractivity contribution in [3.8, 4) is 17.2 Å². The highest BCUT2D eigenvalue weighted by Crippen LogP contribution is 2.33. The normalized spacial score (nSPS) is 18.6. The maximum Gasteiger partial charge on any atom is 0.169 e. The Morgan fingerprint density at radius 3 is 2.52 bits per heavy atom. The van der Waals surface area contributed by atoms with Crippen molar-refractivity contribution in [2.75, 3.05) is 7.11 Å². The molecule has 0 saturated carbocycles. The van der Waals surface area contributed by atoms with E-state index in [0.29, 0.717) is 0 Å². The Balaban J connectivity index is 1.88. The Kier molecular flexibility index (Phi) is 5.19. The Bertz CT molecular complexity index is 634. The molecular formula is C20H24O3. The van der Waals surface area contributed by atoms with Crippen LogP contribution in [0, 0.1) is 0 Å². The quantitative estimate of drug-likeness (QED) is 0.842. The summed E-state index contributed by atoms with van der Waals surface area (Å²) in [6.07, 6.45) is 5.50. The highest BCUT2D eigenvalue weighted by Gasteiger charge is 2.10. The van der Waals surface area contributed by atoms with Gasteiger partial charge in [-0.15, -0.1) is 0 Å². The molecular weight excluding hydrogens is 288 g/mol. The number of fused-ring (bicyclic) bond motifs is 2. The molecule has 3 aliphatic heterocycles. The van der Waals surface area contributed by atoms with Crippen LogP contribution in [0.1, 0.15) is 36.8 Å². The average Bonchev–Trinajstić information content (AvgIpc) is 2.58. The fourth-order valence-corrected chi connectivity index (χ4v) is 2.99. The maximum atomic E-state index is 10.1. The first-order valence-corrected chi connectivity index (χ1v) is 8.36. The SMILES string of the molecule is COc1cc2ccc1Oc1ccc(cc1)CC[C@@H](O)CCCC2. The van der Waals surface area contributed by atoms with Crippen molar-refractivity contribution in [3.05, 3.63) is 53.6 Å². The number of methoxy groups -OCH3 is 1. The maximum absolute atomic E-state index is 10.1. The van der Waals surface area contributed by atoms with Gasteiger partial charge in [0.15, 0.2) is 11.5 Å². The van der Waals surface area contributed by atoms with E-state index in [0.717, 1.165) is 55.8 Å². The molecule has 23 heavy (non-hydrogen) atoms. The van der Waals surface area contributed by atoms with Crippen LogP contribution in [0.3, 0.4) is 0 Å². The van der Waals surface area contributed by atoms with Gasteiger partial charge in [0, 0.05) is 0 Å². The first-order chi connectivity index (χ1) is 11.2. The number of hydrogen-bond acceptors (Lipinski definition) is 3. The largest absolute Gasteiger partial charge is 0.493 e. The van der Waals surface area contributed by atoms with Crippen LogP contribution in [0.5, 0.6) is 17.2 Å². The average molecular weight is 312 g/mol. The number of aryl methyl sites for hydroxylation is 2. The molecule has 1 atom stereocenters. The lowest BCUT2D eigenvalue weighted by Crippen LogP contribution is -2.08. The Labute approximate surface area is 137 Å². The summed E-state index contributed by atoms with van der Waals surface area (Å²) < 4.78 is 11.4. The second-order valence-electron chi connectivity index (χ2n) is 6.17. The molecule has 0 spiro atoms.